The van der Waals surface area contributed by atoms with Gasteiger partial charge in [0.2, 0.25) is 11.8 Å². The lowest BCUT2D eigenvalue weighted by Crippen LogP contribution is -2.65. The minimum absolute atomic E-state index is 0.0119. The number of nitrogens with zero attached hydrogens (tertiary/aromatic N) is 1. The Hall–Kier alpha value is -1.30. The smallest absolute Gasteiger partial charge is 0.234 e. The van der Waals surface area contributed by atoms with Crippen LogP contribution < -0.4 is 10.6 Å². The second-order valence-electron chi connectivity index (χ2n) is 8.70. The second-order valence-corrected chi connectivity index (χ2v) is 9.57. The maximum Gasteiger partial charge on any atom is 0.234 e. The zero-order chi connectivity index (χ0) is 21.1. The van der Waals surface area contributed by atoms with Crippen molar-refractivity contribution in [2.75, 3.05) is 25.0 Å². The molecule has 1 aliphatic carbocycles. The average Bonchev–Trinajstić information content (AvgIpc) is 2.47. The van der Waals surface area contributed by atoms with E-state index in [1.54, 1.807) is 18.2 Å². The number of amides is 2. The van der Waals surface area contributed by atoms with E-state index in [9.17, 15) is 9.59 Å². The molecule has 28 heavy (non-hydrogen) atoms. The molecule has 0 aromatic heterocycles. The minimum atomic E-state index is -0.206. The SMILES string of the molecule is CC.CC(C)(C)NC(=O)CN1CC2(CC(C(=O)Nc3cc(Cl)cc(Cl)c3)C2)C1. The largest absolute Gasteiger partial charge is 0.350 e. The van der Waals surface area contributed by atoms with Crippen molar-refractivity contribution in [2.24, 2.45) is 11.3 Å². The first-order chi connectivity index (χ1) is 13.0. The third-order valence-corrected chi connectivity index (χ3v) is 5.30. The van der Waals surface area contributed by atoms with Crippen LogP contribution in [0.2, 0.25) is 10.0 Å². The summed E-state index contributed by atoms with van der Waals surface area (Å²) in [4.78, 5) is 26.5. The lowest BCUT2D eigenvalue weighted by molar-refractivity contribution is -0.144. The van der Waals surface area contributed by atoms with Crippen LogP contribution >= 0.6 is 23.2 Å². The Morgan fingerprint density at radius 1 is 1.11 bits per heavy atom. The molecule has 156 valence electrons. The first kappa shape index (κ1) is 23.0. The van der Waals surface area contributed by atoms with Gasteiger partial charge >= 0.3 is 0 Å². The minimum Gasteiger partial charge on any atom is -0.350 e. The van der Waals surface area contributed by atoms with Crippen LogP contribution in [0.15, 0.2) is 18.2 Å². The van der Waals surface area contributed by atoms with E-state index in [0.29, 0.717) is 22.3 Å². The monoisotopic (exact) mass is 427 g/mol. The standard InChI is InChI=1S/C19H25Cl2N3O2.C2H6/c1-18(2,3)23-16(25)9-24-10-19(11-24)7-12(8-19)17(26)22-15-5-13(20)4-14(21)6-15;1-2/h4-6,12H,7-11H2,1-3H3,(H,22,26)(H,23,25);1-2H3. The summed E-state index contributed by atoms with van der Waals surface area (Å²) in [6.07, 6.45) is 1.73. The maximum atomic E-state index is 12.4. The number of nitrogens with one attached hydrogen (secondary N) is 2. The molecule has 1 saturated carbocycles. The summed E-state index contributed by atoms with van der Waals surface area (Å²) in [6.45, 7) is 12.1. The lowest BCUT2D eigenvalue weighted by Gasteiger charge is -2.58. The molecule has 2 amide bonds. The third-order valence-electron chi connectivity index (χ3n) is 4.86. The topological polar surface area (TPSA) is 61.4 Å². The van der Waals surface area contributed by atoms with E-state index in [2.05, 4.69) is 15.5 Å². The van der Waals surface area contributed by atoms with Gasteiger partial charge in [-0.25, -0.2) is 0 Å². The van der Waals surface area contributed by atoms with Gasteiger partial charge in [-0.1, -0.05) is 37.0 Å². The Balaban J connectivity index is 0.00000136. The van der Waals surface area contributed by atoms with Crippen molar-refractivity contribution in [3.63, 3.8) is 0 Å². The fraction of sp³-hybridized carbons (Fsp3) is 0.619. The normalized spacial score (nSPS) is 18.4. The van der Waals surface area contributed by atoms with Gasteiger partial charge in [-0.05, 0) is 57.2 Å². The molecule has 0 atom stereocenters. The van der Waals surface area contributed by atoms with Crippen molar-refractivity contribution in [2.45, 2.75) is 53.0 Å². The molecular weight excluding hydrogens is 397 g/mol. The van der Waals surface area contributed by atoms with E-state index in [-0.39, 0.29) is 28.7 Å². The molecule has 2 fully saturated rings. The van der Waals surface area contributed by atoms with Crippen molar-refractivity contribution >= 4 is 40.7 Å². The van der Waals surface area contributed by atoms with E-state index < -0.39 is 0 Å². The van der Waals surface area contributed by atoms with Crippen LogP contribution in [0, 0.1) is 11.3 Å². The van der Waals surface area contributed by atoms with E-state index in [0.717, 1.165) is 25.9 Å². The van der Waals surface area contributed by atoms with Crippen LogP contribution in [-0.2, 0) is 9.59 Å². The number of carbonyl (C=O) groups is 2. The molecule has 3 rings (SSSR count). The van der Waals surface area contributed by atoms with Gasteiger partial charge in [0, 0.05) is 40.3 Å². The average molecular weight is 428 g/mol. The van der Waals surface area contributed by atoms with Crippen LogP contribution in [0.3, 0.4) is 0 Å². The zero-order valence-corrected chi connectivity index (χ0v) is 18.9. The Kier molecular flexibility index (Phi) is 7.40. The van der Waals surface area contributed by atoms with Gasteiger partial charge in [0.1, 0.15) is 0 Å². The highest BCUT2D eigenvalue weighted by molar-refractivity contribution is 6.35. The Bertz CT molecular complexity index is 697. The van der Waals surface area contributed by atoms with Gasteiger partial charge in [0.15, 0.2) is 0 Å². The predicted octanol–water partition coefficient (Wildman–Crippen LogP) is 4.58. The third kappa shape index (κ3) is 6.10. The molecule has 0 bridgehead atoms. The molecule has 0 radical (unpaired) electrons. The highest BCUT2D eigenvalue weighted by atomic mass is 35.5. The first-order valence-electron chi connectivity index (χ1n) is 9.84. The molecule has 1 heterocycles. The number of rotatable bonds is 4. The molecule has 2 aliphatic rings. The molecule has 1 saturated heterocycles. The van der Waals surface area contributed by atoms with Crippen LogP contribution in [0.5, 0.6) is 0 Å². The highest BCUT2D eigenvalue weighted by Crippen LogP contribution is 2.52. The van der Waals surface area contributed by atoms with Gasteiger partial charge in [-0.15, -0.1) is 0 Å². The van der Waals surface area contributed by atoms with E-state index in [4.69, 9.17) is 23.2 Å². The van der Waals surface area contributed by atoms with Crippen molar-refractivity contribution in [1.82, 2.24) is 10.2 Å². The predicted molar refractivity (Wildman–Crippen MR) is 116 cm³/mol. The van der Waals surface area contributed by atoms with Crippen LogP contribution in [0.4, 0.5) is 5.69 Å². The number of hydrogen-bond donors (Lipinski definition) is 2. The summed E-state index contributed by atoms with van der Waals surface area (Å²) in [6, 6.07) is 5.02. The number of carbonyl (C=O) groups excluding carboxylic acids is 2. The van der Waals surface area contributed by atoms with Gasteiger partial charge in [0.05, 0.1) is 6.54 Å². The summed E-state index contributed by atoms with van der Waals surface area (Å²) in [5, 5.41) is 6.88. The fourth-order valence-corrected chi connectivity index (χ4v) is 4.50. The van der Waals surface area contributed by atoms with Gasteiger partial charge < -0.3 is 10.6 Å². The second kappa shape index (κ2) is 9.02. The fourth-order valence-electron chi connectivity index (χ4n) is 3.97. The zero-order valence-electron chi connectivity index (χ0n) is 17.4. The summed E-state index contributed by atoms with van der Waals surface area (Å²) >= 11 is 11.9. The first-order valence-corrected chi connectivity index (χ1v) is 10.6. The Morgan fingerprint density at radius 2 is 1.64 bits per heavy atom. The van der Waals surface area contributed by atoms with Crippen LogP contribution in [0.1, 0.15) is 47.5 Å². The van der Waals surface area contributed by atoms with E-state index in [1.165, 1.54) is 0 Å². The Morgan fingerprint density at radius 3 is 2.14 bits per heavy atom. The van der Waals surface area contributed by atoms with Gasteiger partial charge in [-0.3, -0.25) is 14.5 Å². The van der Waals surface area contributed by atoms with Crippen molar-refractivity contribution in [3.8, 4) is 0 Å². The Labute approximate surface area is 178 Å². The molecular formula is C21H31Cl2N3O2. The van der Waals surface area contributed by atoms with Crippen molar-refractivity contribution in [1.29, 1.82) is 0 Å². The van der Waals surface area contributed by atoms with E-state index in [1.807, 2.05) is 34.6 Å². The number of likely N-dealkylation sites (tertiary alicyclic amines) is 1. The summed E-state index contributed by atoms with van der Waals surface area (Å²) in [5.41, 5.74) is 0.626. The molecule has 7 heteroatoms. The van der Waals surface area contributed by atoms with Crippen LogP contribution in [0.25, 0.3) is 0 Å². The molecule has 2 N–H and O–H groups in total. The van der Waals surface area contributed by atoms with Gasteiger partial charge in [0.25, 0.3) is 0 Å². The molecule has 1 aromatic carbocycles. The highest BCUT2D eigenvalue weighted by Gasteiger charge is 2.54. The van der Waals surface area contributed by atoms with Crippen molar-refractivity contribution in [3.05, 3.63) is 28.2 Å². The molecule has 5 nitrogen and oxygen atoms in total. The quantitative estimate of drug-likeness (QED) is 0.738. The van der Waals surface area contributed by atoms with Crippen molar-refractivity contribution < 1.29 is 9.59 Å². The maximum absolute atomic E-state index is 12.4. The number of benzene rings is 1. The lowest BCUT2D eigenvalue weighted by atomic mass is 9.57. The molecule has 1 aliphatic heterocycles. The van der Waals surface area contributed by atoms with E-state index >= 15 is 0 Å². The molecule has 1 spiro atoms. The molecule has 0 unspecified atom stereocenters. The number of anilines is 1. The number of halogens is 2. The summed E-state index contributed by atoms with van der Waals surface area (Å²) in [5.74, 6) is 0.0787. The molecule has 1 aromatic rings. The van der Waals surface area contributed by atoms with Crippen LogP contribution in [-0.4, -0.2) is 41.9 Å². The summed E-state index contributed by atoms with van der Waals surface area (Å²) in [7, 11) is 0. The van der Waals surface area contributed by atoms with Gasteiger partial charge in [-0.2, -0.15) is 0 Å². The summed E-state index contributed by atoms with van der Waals surface area (Å²) < 4.78 is 0. The number of hydrogen-bond acceptors (Lipinski definition) is 3.